The lowest BCUT2D eigenvalue weighted by Crippen LogP contribution is -2.37. The molecule has 134 valence electrons. The third-order valence-electron chi connectivity index (χ3n) is 3.80. The molecule has 0 saturated heterocycles. The minimum absolute atomic E-state index is 0.151. The minimum atomic E-state index is -0.556. The largest absolute Gasteiger partial charge is 0.494 e. The van der Waals surface area contributed by atoms with E-state index in [0.29, 0.717) is 30.3 Å². The lowest BCUT2D eigenvalue weighted by Gasteiger charge is -2.18. The van der Waals surface area contributed by atoms with Gasteiger partial charge in [0, 0.05) is 17.1 Å². The number of rotatable bonds is 8. The molecule has 0 saturated carbocycles. The van der Waals surface area contributed by atoms with Gasteiger partial charge in [0.1, 0.15) is 11.5 Å². The van der Waals surface area contributed by atoms with E-state index >= 15 is 0 Å². The van der Waals surface area contributed by atoms with Gasteiger partial charge in [0.05, 0.1) is 6.61 Å². The summed E-state index contributed by atoms with van der Waals surface area (Å²) >= 11 is 6.02. The van der Waals surface area contributed by atoms with Gasteiger partial charge >= 0.3 is 0 Å². The molecular weight excluding hydrogens is 338 g/mol. The fraction of sp³-hybridized carbons (Fsp3) is 0.350. The molecule has 0 aliphatic rings. The van der Waals surface area contributed by atoms with Crippen LogP contribution in [0.25, 0.3) is 0 Å². The fourth-order valence-electron chi connectivity index (χ4n) is 2.42. The summed E-state index contributed by atoms with van der Waals surface area (Å²) in [5.41, 5.74) is 1.86. The van der Waals surface area contributed by atoms with Crippen molar-refractivity contribution in [2.75, 3.05) is 6.61 Å². The highest BCUT2D eigenvalue weighted by Crippen LogP contribution is 2.22. The van der Waals surface area contributed by atoms with Crippen molar-refractivity contribution < 1.29 is 14.3 Å². The molecule has 0 spiro atoms. The van der Waals surface area contributed by atoms with Crippen molar-refractivity contribution in [2.24, 2.45) is 0 Å². The number of amides is 1. The fourth-order valence-corrected chi connectivity index (χ4v) is 2.54. The Morgan fingerprint density at radius 3 is 2.64 bits per heavy atom. The van der Waals surface area contributed by atoms with Crippen molar-refractivity contribution in [1.82, 2.24) is 5.32 Å². The first-order chi connectivity index (χ1) is 12.0. The van der Waals surface area contributed by atoms with Crippen LogP contribution in [0.4, 0.5) is 0 Å². The molecule has 2 rings (SSSR count). The molecular formula is C20H24ClNO3. The highest BCUT2D eigenvalue weighted by atomic mass is 35.5. The Kier molecular flexibility index (Phi) is 7.14. The number of hydrogen-bond donors (Lipinski definition) is 1. The molecule has 4 nitrogen and oxygen atoms in total. The van der Waals surface area contributed by atoms with E-state index in [-0.39, 0.29) is 5.91 Å². The predicted octanol–water partition coefficient (Wildman–Crippen LogP) is 4.52. The van der Waals surface area contributed by atoms with Gasteiger partial charge in [0.25, 0.3) is 5.91 Å². The van der Waals surface area contributed by atoms with Crippen LogP contribution in [0.2, 0.25) is 5.02 Å². The average Bonchev–Trinajstić information content (AvgIpc) is 2.62. The van der Waals surface area contributed by atoms with Gasteiger partial charge in [-0.25, -0.2) is 0 Å². The topological polar surface area (TPSA) is 47.6 Å². The van der Waals surface area contributed by atoms with Crippen LogP contribution >= 0.6 is 11.6 Å². The third kappa shape index (κ3) is 5.40. The van der Waals surface area contributed by atoms with Gasteiger partial charge in [-0.2, -0.15) is 0 Å². The van der Waals surface area contributed by atoms with Crippen LogP contribution in [0.15, 0.2) is 42.5 Å². The number of carbonyl (C=O) groups is 1. The van der Waals surface area contributed by atoms with Gasteiger partial charge in [0.2, 0.25) is 0 Å². The molecule has 1 N–H and O–H groups in total. The predicted molar refractivity (Wildman–Crippen MR) is 100 cm³/mol. The van der Waals surface area contributed by atoms with Crippen molar-refractivity contribution in [3.05, 3.63) is 58.6 Å². The molecule has 1 unspecified atom stereocenters. The second-order valence-corrected chi connectivity index (χ2v) is 6.09. The number of aryl methyl sites for hydroxylation is 1. The van der Waals surface area contributed by atoms with Crippen molar-refractivity contribution >= 4 is 17.5 Å². The maximum atomic E-state index is 12.5. The Balaban J connectivity index is 1.99. The minimum Gasteiger partial charge on any atom is -0.494 e. The van der Waals surface area contributed by atoms with Gasteiger partial charge < -0.3 is 14.8 Å². The highest BCUT2D eigenvalue weighted by molar-refractivity contribution is 6.31. The quantitative estimate of drug-likeness (QED) is 0.751. The average molecular weight is 362 g/mol. The van der Waals surface area contributed by atoms with Crippen molar-refractivity contribution in [3.63, 3.8) is 0 Å². The molecule has 0 aliphatic carbocycles. The standard InChI is InChI=1S/C20H24ClNO3/c1-4-18(25-16-10-11-17(21)14(3)12-16)20(23)22-13-15-8-6-7-9-19(15)24-5-2/h6-12,18H,4-5,13H2,1-3H3,(H,22,23). The number of carbonyl (C=O) groups excluding carboxylic acids is 1. The lowest BCUT2D eigenvalue weighted by molar-refractivity contribution is -0.128. The second-order valence-electron chi connectivity index (χ2n) is 5.68. The van der Waals surface area contributed by atoms with Crippen LogP contribution in [0.3, 0.4) is 0 Å². The van der Waals surface area contributed by atoms with Gasteiger partial charge in [-0.3, -0.25) is 4.79 Å². The zero-order chi connectivity index (χ0) is 18.2. The Bertz CT molecular complexity index is 718. The summed E-state index contributed by atoms with van der Waals surface area (Å²) in [7, 11) is 0. The Morgan fingerprint density at radius 1 is 1.20 bits per heavy atom. The molecule has 0 aromatic heterocycles. The van der Waals surface area contributed by atoms with E-state index in [4.69, 9.17) is 21.1 Å². The first-order valence-electron chi connectivity index (χ1n) is 8.46. The van der Waals surface area contributed by atoms with Crippen LogP contribution in [0.1, 0.15) is 31.4 Å². The number of ether oxygens (including phenoxy) is 2. The highest BCUT2D eigenvalue weighted by Gasteiger charge is 2.19. The lowest BCUT2D eigenvalue weighted by atomic mass is 10.2. The van der Waals surface area contributed by atoms with E-state index in [1.807, 2.05) is 51.1 Å². The van der Waals surface area contributed by atoms with Crippen LogP contribution in [0.5, 0.6) is 11.5 Å². The zero-order valence-electron chi connectivity index (χ0n) is 14.8. The molecule has 0 fully saturated rings. The van der Waals surface area contributed by atoms with Crippen molar-refractivity contribution in [1.29, 1.82) is 0 Å². The van der Waals surface area contributed by atoms with Crippen molar-refractivity contribution in [2.45, 2.75) is 39.8 Å². The second kappa shape index (κ2) is 9.33. The van der Waals surface area contributed by atoms with Gasteiger partial charge in [-0.1, -0.05) is 36.7 Å². The first kappa shape index (κ1) is 19.1. The Hall–Kier alpha value is -2.20. The van der Waals surface area contributed by atoms with E-state index < -0.39 is 6.10 Å². The van der Waals surface area contributed by atoms with Gasteiger partial charge in [0.15, 0.2) is 6.10 Å². The molecule has 0 radical (unpaired) electrons. The molecule has 0 bridgehead atoms. The van der Waals surface area contributed by atoms with E-state index in [1.54, 1.807) is 12.1 Å². The number of halogens is 1. The summed E-state index contributed by atoms with van der Waals surface area (Å²) in [5, 5.41) is 3.60. The summed E-state index contributed by atoms with van der Waals surface area (Å²) in [5.74, 6) is 1.27. The molecule has 2 aromatic rings. The maximum Gasteiger partial charge on any atom is 0.261 e. The zero-order valence-corrected chi connectivity index (χ0v) is 15.6. The summed E-state index contributed by atoms with van der Waals surface area (Å²) in [6.07, 6.45) is 0.0143. The first-order valence-corrected chi connectivity index (χ1v) is 8.84. The molecule has 2 aromatic carbocycles. The van der Waals surface area contributed by atoms with Gasteiger partial charge in [-0.05, 0) is 50.1 Å². The molecule has 25 heavy (non-hydrogen) atoms. The molecule has 1 amide bonds. The molecule has 0 heterocycles. The molecule has 1 atom stereocenters. The third-order valence-corrected chi connectivity index (χ3v) is 4.22. The molecule has 0 aliphatic heterocycles. The normalized spacial score (nSPS) is 11.7. The number of para-hydroxylation sites is 1. The van der Waals surface area contributed by atoms with E-state index in [2.05, 4.69) is 5.32 Å². The summed E-state index contributed by atoms with van der Waals surface area (Å²) < 4.78 is 11.4. The van der Waals surface area contributed by atoms with E-state index in [1.165, 1.54) is 0 Å². The van der Waals surface area contributed by atoms with Crippen molar-refractivity contribution in [3.8, 4) is 11.5 Å². The summed E-state index contributed by atoms with van der Waals surface area (Å²) in [6, 6.07) is 13.1. The van der Waals surface area contributed by atoms with Crippen LogP contribution < -0.4 is 14.8 Å². The summed E-state index contributed by atoms with van der Waals surface area (Å²) in [6.45, 7) is 6.74. The van der Waals surface area contributed by atoms with Gasteiger partial charge in [-0.15, -0.1) is 0 Å². The Labute approximate surface area is 154 Å². The van der Waals surface area contributed by atoms with Crippen LogP contribution in [0, 0.1) is 6.92 Å². The number of benzene rings is 2. The van der Waals surface area contributed by atoms with E-state index in [9.17, 15) is 4.79 Å². The van der Waals surface area contributed by atoms with Crippen LogP contribution in [-0.2, 0) is 11.3 Å². The maximum absolute atomic E-state index is 12.5. The SMILES string of the molecule is CCOc1ccccc1CNC(=O)C(CC)Oc1ccc(Cl)c(C)c1. The monoisotopic (exact) mass is 361 g/mol. The number of hydrogen-bond acceptors (Lipinski definition) is 3. The molecule has 5 heteroatoms. The van der Waals surface area contributed by atoms with E-state index in [0.717, 1.165) is 16.9 Å². The Morgan fingerprint density at radius 2 is 1.96 bits per heavy atom. The number of nitrogens with one attached hydrogen (secondary N) is 1. The smallest absolute Gasteiger partial charge is 0.261 e. The summed E-state index contributed by atoms with van der Waals surface area (Å²) in [4.78, 5) is 12.5. The van der Waals surface area contributed by atoms with Crippen LogP contribution in [-0.4, -0.2) is 18.6 Å².